The van der Waals surface area contributed by atoms with Gasteiger partial charge in [-0.2, -0.15) is 0 Å². The number of hydrogen-bond acceptors (Lipinski definition) is 1. The normalized spacial score (nSPS) is 37.0. The molecule has 0 aliphatic heterocycles. The third kappa shape index (κ3) is 3.98. The molecule has 1 nitrogen and oxygen atoms in total. The van der Waals surface area contributed by atoms with E-state index in [0.717, 1.165) is 23.8 Å². The monoisotopic (exact) mass is 251 g/mol. The Labute approximate surface area is 114 Å². The van der Waals surface area contributed by atoms with Gasteiger partial charge in [0.15, 0.2) is 0 Å². The fourth-order valence-corrected chi connectivity index (χ4v) is 4.50. The first kappa shape index (κ1) is 14.4. The van der Waals surface area contributed by atoms with Crippen molar-refractivity contribution in [3.05, 3.63) is 0 Å². The maximum absolute atomic E-state index is 3.81. The number of hydrogen-bond donors (Lipinski definition) is 1. The Morgan fingerprint density at radius 3 is 1.72 bits per heavy atom. The van der Waals surface area contributed by atoms with Crippen molar-refractivity contribution < 1.29 is 0 Å². The average Bonchev–Trinajstić information content (AvgIpc) is 2.53. The molecule has 2 aliphatic carbocycles. The average molecular weight is 251 g/mol. The van der Waals surface area contributed by atoms with Gasteiger partial charge in [-0.3, -0.25) is 0 Å². The first-order chi connectivity index (χ1) is 8.12. The molecule has 2 atom stereocenters. The van der Waals surface area contributed by atoms with Crippen molar-refractivity contribution in [3.8, 4) is 0 Å². The van der Waals surface area contributed by atoms with Gasteiger partial charge in [0.05, 0.1) is 0 Å². The Kier molecular flexibility index (Phi) is 3.84. The van der Waals surface area contributed by atoms with Gasteiger partial charge in [0.2, 0.25) is 0 Å². The second-order valence-electron chi connectivity index (χ2n) is 9.19. The van der Waals surface area contributed by atoms with Crippen molar-refractivity contribution in [3.63, 3.8) is 0 Å². The van der Waals surface area contributed by atoms with Crippen molar-refractivity contribution in [2.24, 2.45) is 23.2 Å². The molecule has 2 saturated carbocycles. The number of nitrogens with one attached hydrogen (secondary N) is 1. The molecule has 2 unspecified atom stereocenters. The van der Waals surface area contributed by atoms with Crippen molar-refractivity contribution in [2.45, 2.75) is 85.2 Å². The summed E-state index contributed by atoms with van der Waals surface area (Å²) in [6.07, 6.45) is 7.30. The van der Waals surface area contributed by atoms with Crippen LogP contribution in [0.4, 0.5) is 0 Å². The van der Waals surface area contributed by atoms with Gasteiger partial charge in [-0.1, -0.05) is 20.8 Å². The maximum Gasteiger partial charge on any atom is 0.00991 e. The summed E-state index contributed by atoms with van der Waals surface area (Å²) in [6.45, 7) is 14.1. The molecule has 1 N–H and O–H groups in total. The second-order valence-corrected chi connectivity index (χ2v) is 9.19. The molecule has 1 heteroatoms. The first-order valence-corrected chi connectivity index (χ1v) is 7.90. The Morgan fingerprint density at radius 2 is 1.33 bits per heavy atom. The SMILES string of the molecule is CC(C)(C)CC1CC2CC(NC(C)(C)C)CC2C1. The van der Waals surface area contributed by atoms with E-state index in [1.165, 1.54) is 32.1 Å². The summed E-state index contributed by atoms with van der Waals surface area (Å²) in [5, 5.41) is 3.81. The summed E-state index contributed by atoms with van der Waals surface area (Å²) in [6, 6.07) is 0.788. The van der Waals surface area contributed by atoms with Crippen LogP contribution in [0.25, 0.3) is 0 Å². The predicted molar refractivity (Wildman–Crippen MR) is 79.7 cm³/mol. The van der Waals surface area contributed by atoms with Crippen LogP contribution in [0.3, 0.4) is 0 Å². The highest BCUT2D eigenvalue weighted by Gasteiger charge is 2.42. The van der Waals surface area contributed by atoms with Crippen LogP contribution in [0.5, 0.6) is 0 Å². The molecule has 0 radical (unpaired) electrons. The van der Waals surface area contributed by atoms with Crippen LogP contribution in [0.15, 0.2) is 0 Å². The molecule has 106 valence electrons. The largest absolute Gasteiger partial charge is 0.309 e. The van der Waals surface area contributed by atoms with Crippen LogP contribution < -0.4 is 5.32 Å². The van der Waals surface area contributed by atoms with Gasteiger partial charge in [-0.05, 0) is 76.0 Å². The van der Waals surface area contributed by atoms with Crippen molar-refractivity contribution in [1.82, 2.24) is 5.32 Å². The van der Waals surface area contributed by atoms with Crippen LogP contribution in [0.1, 0.15) is 73.6 Å². The molecule has 0 saturated heterocycles. The molecule has 0 aromatic rings. The van der Waals surface area contributed by atoms with E-state index in [-0.39, 0.29) is 5.54 Å². The Balaban J connectivity index is 1.81. The van der Waals surface area contributed by atoms with Gasteiger partial charge >= 0.3 is 0 Å². The lowest BCUT2D eigenvalue weighted by Crippen LogP contribution is -2.42. The molecule has 0 aromatic carbocycles. The van der Waals surface area contributed by atoms with Crippen LogP contribution in [0.2, 0.25) is 0 Å². The molecule has 2 fully saturated rings. The zero-order valence-electron chi connectivity index (χ0n) is 13.3. The van der Waals surface area contributed by atoms with E-state index in [9.17, 15) is 0 Å². The summed E-state index contributed by atoms with van der Waals surface area (Å²) >= 11 is 0. The highest BCUT2D eigenvalue weighted by molar-refractivity contribution is 4.96. The topological polar surface area (TPSA) is 12.0 Å². The van der Waals surface area contributed by atoms with Gasteiger partial charge in [0.25, 0.3) is 0 Å². The summed E-state index contributed by atoms with van der Waals surface area (Å²) < 4.78 is 0. The van der Waals surface area contributed by atoms with Gasteiger partial charge in [0.1, 0.15) is 0 Å². The third-order valence-electron chi connectivity index (χ3n) is 4.65. The summed E-state index contributed by atoms with van der Waals surface area (Å²) in [5.41, 5.74) is 0.806. The van der Waals surface area contributed by atoms with Crippen LogP contribution >= 0.6 is 0 Å². The van der Waals surface area contributed by atoms with Crippen molar-refractivity contribution >= 4 is 0 Å². The Bertz CT molecular complexity index is 239. The lowest BCUT2D eigenvalue weighted by atomic mass is 9.83. The van der Waals surface area contributed by atoms with Gasteiger partial charge < -0.3 is 5.32 Å². The summed E-state index contributed by atoms with van der Waals surface area (Å²) in [4.78, 5) is 0. The lowest BCUT2D eigenvalue weighted by molar-refractivity contribution is 0.276. The molecule has 18 heavy (non-hydrogen) atoms. The Morgan fingerprint density at radius 1 is 0.833 bits per heavy atom. The molecule has 0 aromatic heterocycles. The molecule has 0 amide bonds. The molecular formula is C17H33N. The second kappa shape index (κ2) is 4.81. The molecule has 0 spiro atoms. The van der Waals surface area contributed by atoms with E-state index >= 15 is 0 Å². The third-order valence-corrected chi connectivity index (χ3v) is 4.65. The van der Waals surface area contributed by atoms with Crippen LogP contribution in [-0.4, -0.2) is 11.6 Å². The molecule has 2 aliphatic rings. The quantitative estimate of drug-likeness (QED) is 0.755. The van der Waals surface area contributed by atoms with Gasteiger partial charge in [-0.15, -0.1) is 0 Å². The number of fused-ring (bicyclic) bond motifs is 1. The standard InChI is InChI=1S/C17H33N/c1-16(2,3)11-12-7-13-9-15(10-14(13)8-12)18-17(4,5)6/h12-15,18H,7-11H2,1-6H3. The lowest BCUT2D eigenvalue weighted by Gasteiger charge is -2.27. The van der Waals surface area contributed by atoms with E-state index in [2.05, 4.69) is 46.9 Å². The highest BCUT2D eigenvalue weighted by atomic mass is 15.0. The molecular weight excluding hydrogens is 218 g/mol. The zero-order valence-corrected chi connectivity index (χ0v) is 13.3. The zero-order chi connectivity index (χ0) is 13.6. The number of rotatable bonds is 2. The smallest absolute Gasteiger partial charge is 0.00991 e. The Hall–Kier alpha value is -0.0400. The summed E-state index contributed by atoms with van der Waals surface area (Å²) in [5.74, 6) is 3.06. The molecule has 0 bridgehead atoms. The fraction of sp³-hybridized carbons (Fsp3) is 1.00. The van der Waals surface area contributed by atoms with Crippen molar-refractivity contribution in [2.75, 3.05) is 0 Å². The van der Waals surface area contributed by atoms with Crippen LogP contribution in [0, 0.1) is 23.2 Å². The maximum atomic E-state index is 3.81. The predicted octanol–water partition coefficient (Wildman–Crippen LogP) is 4.62. The minimum Gasteiger partial charge on any atom is -0.309 e. The first-order valence-electron chi connectivity index (χ1n) is 7.90. The van der Waals surface area contributed by atoms with Crippen molar-refractivity contribution in [1.29, 1.82) is 0 Å². The van der Waals surface area contributed by atoms with E-state index in [1.807, 2.05) is 0 Å². The van der Waals surface area contributed by atoms with E-state index in [4.69, 9.17) is 0 Å². The highest BCUT2D eigenvalue weighted by Crippen LogP contribution is 2.49. The van der Waals surface area contributed by atoms with Crippen LogP contribution in [-0.2, 0) is 0 Å². The molecule has 2 rings (SSSR count). The molecule has 0 heterocycles. The van der Waals surface area contributed by atoms with E-state index in [0.29, 0.717) is 5.41 Å². The minimum atomic E-state index is 0.286. The fourth-order valence-electron chi connectivity index (χ4n) is 4.50. The van der Waals surface area contributed by atoms with E-state index in [1.54, 1.807) is 0 Å². The van der Waals surface area contributed by atoms with Gasteiger partial charge in [0, 0.05) is 11.6 Å². The summed E-state index contributed by atoms with van der Waals surface area (Å²) in [7, 11) is 0. The van der Waals surface area contributed by atoms with Gasteiger partial charge in [-0.25, -0.2) is 0 Å². The minimum absolute atomic E-state index is 0.286. The van der Waals surface area contributed by atoms with E-state index < -0.39 is 0 Å².